The number of H-pyrrole nitrogens is 1. The van der Waals surface area contributed by atoms with E-state index in [-0.39, 0.29) is 11.8 Å². The summed E-state index contributed by atoms with van der Waals surface area (Å²) in [5.41, 5.74) is 4.16. The Kier molecular flexibility index (Phi) is 6.29. The van der Waals surface area contributed by atoms with Gasteiger partial charge in [-0.3, -0.25) is 4.79 Å². The molecule has 0 radical (unpaired) electrons. The topological polar surface area (TPSA) is 45.3 Å². The monoisotopic (exact) mass is 556 g/mol. The first-order valence-corrected chi connectivity index (χ1v) is 13.2. The zero-order valence-corrected chi connectivity index (χ0v) is 21.9. The van der Waals surface area contributed by atoms with Gasteiger partial charge in [0.1, 0.15) is 0 Å². The SMILES string of the molecule is C[C@H](COCc1ccccc1)c1c(I)[nH]c2ccc(C(C)(C)C(=O)N3C4CCC3CC4)cc12. The number of aromatic nitrogens is 1. The molecule has 2 aliphatic rings. The van der Waals surface area contributed by atoms with Crippen molar-refractivity contribution in [3.8, 4) is 0 Å². The van der Waals surface area contributed by atoms with Crippen molar-refractivity contribution in [3.05, 3.63) is 68.9 Å². The fraction of sp³-hybridized carbons (Fsp3) is 0.464. The number of nitrogens with zero attached hydrogens (tertiary/aromatic N) is 1. The molecule has 0 saturated carbocycles. The van der Waals surface area contributed by atoms with E-state index in [9.17, 15) is 4.79 Å². The Morgan fingerprint density at radius 1 is 1.12 bits per heavy atom. The third kappa shape index (κ3) is 4.23. The predicted molar refractivity (Wildman–Crippen MR) is 141 cm³/mol. The summed E-state index contributed by atoms with van der Waals surface area (Å²) >= 11 is 2.40. The number of amides is 1. The van der Waals surface area contributed by atoms with E-state index >= 15 is 0 Å². The molecule has 2 bridgehead atoms. The van der Waals surface area contributed by atoms with Crippen molar-refractivity contribution in [1.82, 2.24) is 9.88 Å². The fourth-order valence-electron chi connectivity index (χ4n) is 5.75. The van der Waals surface area contributed by atoms with E-state index in [1.54, 1.807) is 0 Å². The highest BCUT2D eigenvalue weighted by Gasteiger charge is 2.46. The number of nitrogens with one attached hydrogen (secondary N) is 1. The second kappa shape index (κ2) is 9.06. The van der Waals surface area contributed by atoms with Gasteiger partial charge in [0, 0.05) is 28.9 Å². The maximum absolute atomic E-state index is 13.7. The van der Waals surface area contributed by atoms with Crippen LogP contribution in [0, 0.1) is 3.70 Å². The van der Waals surface area contributed by atoms with Gasteiger partial charge in [-0.2, -0.15) is 0 Å². The molecule has 174 valence electrons. The number of halogens is 1. The molecule has 2 fully saturated rings. The summed E-state index contributed by atoms with van der Waals surface area (Å²) in [7, 11) is 0. The third-order valence-electron chi connectivity index (χ3n) is 7.71. The predicted octanol–water partition coefficient (Wildman–Crippen LogP) is 6.52. The van der Waals surface area contributed by atoms with Crippen molar-refractivity contribution in [2.45, 2.75) is 76.5 Å². The van der Waals surface area contributed by atoms with Crippen molar-refractivity contribution in [2.24, 2.45) is 0 Å². The lowest BCUT2D eigenvalue weighted by atomic mass is 9.82. The second-order valence-corrected chi connectivity index (χ2v) is 11.4. The lowest BCUT2D eigenvalue weighted by molar-refractivity contribution is -0.137. The van der Waals surface area contributed by atoms with Gasteiger partial charge < -0.3 is 14.6 Å². The van der Waals surface area contributed by atoms with Gasteiger partial charge in [0.2, 0.25) is 5.91 Å². The third-order valence-corrected chi connectivity index (χ3v) is 8.56. The molecular formula is C28H33IN2O2. The Balaban J connectivity index is 1.38. The summed E-state index contributed by atoms with van der Waals surface area (Å²) in [5, 5.41) is 1.21. The first kappa shape index (κ1) is 22.9. The van der Waals surface area contributed by atoms with Crippen molar-refractivity contribution < 1.29 is 9.53 Å². The van der Waals surface area contributed by atoms with Gasteiger partial charge in [-0.1, -0.05) is 43.3 Å². The summed E-state index contributed by atoms with van der Waals surface area (Å²) in [6, 6.07) is 17.7. The molecule has 2 saturated heterocycles. The number of aromatic amines is 1. The number of carbonyl (C=O) groups excluding carboxylic acids is 1. The smallest absolute Gasteiger partial charge is 0.233 e. The van der Waals surface area contributed by atoms with Gasteiger partial charge in [0.05, 0.1) is 22.3 Å². The molecule has 1 N–H and O–H groups in total. The Labute approximate surface area is 210 Å². The Morgan fingerprint density at radius 2 is 1.79 bits per heavy atom. The minimum Gasteiger partial charge on any atom is -0.376 e. The van der Waals surface area contributed by atoms with Crippen LogP contribution >= 0.6 is 22.6 Å². The van der Waals surface area contributed by atoms with Gasteiger partial charge in [0.15, 0.2) is 0 Å². The van der Waals surface area contributed by atoms with E-state index in [1.807, 2.05) is 18.2 Å². The van der Waals surface area contributed by atoms with Crippen LogP contribution in [0.1, 0.15) is 69.1 Å². The zero-order valence-electron chi connectivity index (χ0n) is 19.7. The molecule has 1 amide bonds. The largest absolute Gasteiger partial charge is 0.376 e. The molecule has 1 atom stereocenters. The number of benzene rings is 2. The van der Waals surface area contributed by atoms with E-state index in [4.69, 9.17) is 4.74 Å². The van der Waals surface area contributed by atoms with Crippen LogP contribution < -0.4 is 0 Å². The molecule has 0 unspecified atom stereocenters. The molecule has 5 heteroatoms. The molecule has 2 aromatic carbocycles. The maximum atomic E-state index is 13.7. The van der Waals surface area contributed by atoms with Crippen LogP contribution in [0.25, 0.3) is 10.9 Å². The molecule has 4 nitrogen and oxygen atoms in total. The first-order chi connectivity index (χ1) is 15.9. The minimum absolute atomic E-state index is 0.248. The summed E-state index contributed by atoms with van der Waals surface area (Å²) in [4.78, 5) is 19.4. The summed E-state index contributed by atoms with van der Waals surface area (Å²) in [6.45, 7) is 7.69. The molecule has 0 spiro atoms. The Morgan fingerprint density at radius 3 is 2.45 bits per heavy atom. The van der Waals surface area contributed by atoms with Crippen LogP contribution in [0.15, 0.2) is 48.5 Å². The fourth-order valence-corrected chi connectivity index (χ4v) is 6.86. The van der Waals surface area contributed by atoms with Crippen LogP contribution in [0.3, 0.4) is 0 Å². The van der Waals surface area contributed by atoms with Crippen molar-refractivity contribution in [3.63, 3.8) is 0 Å². The molecular weight excluding hydrogens is 523 g/mol. The van der Waals surface area contributed by atoms with E-state index < -0.39 is 5.41 Å². The highest BCUT2D eigenvalue weighted by atomic mass is 127. The average Bonchev–Trinajstić information content (AvgIpc) is 3.50. The summed E-state index contributed by atoms with van der Waals surface area (Å²) in [6.07, 6.45) is 4.69. The number of ether oxygens (including phenoxy) is 1. The normalized spacial score (nSPS) is 21.2. The number of hydrogen-bond donors (Lipinski definition) is 1. The Hall–Kier alpha value is -1.86. The van der Waals surface area contributed by atoms with Gasteiger partial charge in [-0.05, 0) is 90.9 Å². The van der Waals surface area contributed by atoms with Gasteiger partial charge in [-0.15, -0.1) is 0 Å². The number of fused-ring (bicyclic) bond motifs is 3. The lowest BCUT2D eigenvalue weighted by Crippen LogP contribution is -2.45. The zero-order chi connectivity index (χ0) is 23.2. The summed E-state index contributed by atoms with van der Waals surface area (Å²) in [5.74, 6) is 0.538. The number of hydrogen-bond acceptors (Lipinski definition) is 2. The minimum atomic E-state index is -0.535. The lowest BCUT2D eigenvalue weighted by Gasteiger charge is -2.33. The molecule has 0 aliphatic carbocycles. The van der Waals surface area contributed by atoms with Gasteiger partial charge >= 0.3 is 0 Å². The molecule has 3 heterocycles. The van der Waals surface area contributed by atoms with Crippen LogP contribution in [-0.4, -0.2) is 34.5 Å². The molecule has 2 aliphatic heterocycles. The van der Waals surface area contributed by atoms with E-state index in [1.165, 1.54) is 42.2 Å². The van der Waals surface area contributed by atoms with Gasteiger partial charge in [-0.25, -0.2) is 0 Å². The first-order valence-electron chi connectivity index (χ1n) is 12.1. The average molecular weight is 556 g/mol. The van der Waals surface area contributed by atoms with Crippen LogP contribution in [0.4, 0.5) is 0 Å². The van der Waals surface area contributed by atoms with Crippen LogP contribution in [0.5, 0.6) is 0 Å². The van der Waals surface area contributed by atoms with Crippen molar-refractivity contribution >= 4 is 39.4 Å². The standard InChI is InChI=1S/C28H33IN2O2/c1-18(16-33-17-19-7-5-4-6-8-19)25-23-15-20(9-14-24(23)30-26(25)29)28(2,3)27(32)31-21-10-11-22(31)13-12-21/h4-9,14-15,18,21-22,30H,10-13,16-17H2,1-3H3/t18-,21?,22?/m1/s1. The highest BCUT2D eigenvalue weighted by molar-refractivity contribution is 14.1. The molecule has 33 heavy (non-hydrogen) atoms. The number of carbonyl (C=O) groups is 1. The number of rotatable bonds is 7. The van der Waals surface area contributed by atoms with E-state index in [2.05, 4.69) is 83.6 Å². The second-order valence-electron chi connectivity index (χ2n) is 10.3. The van der Waals surface area contributed by atoms with Gasteiger partial charge in [0.25, 0.3) is 0 Å². The van der Waals surface area contributed by atoms with E-state index in [0.717, 1.165) is 14.8 Å². The highest BCUT2D eigenvalue weighted by Crippen LogP contribution is 2.42. The quantitative estimate of drug-likeness (QED) is 0.337. The Bertz CT molecular complexity index is 1130. The van der Waals surface area contributed by atoms with Crippen LogP contribution in [0.2, 0.25) is 0 Å². The maximum Gasteiger partial charge on any atom is 0.233 e. The van der Waals surface area contributed by atoms with Crippen molar-refractivity contribution in [2.75, 3.05) is 6.61 Å². The van der Waals surface area contributed by atoms with Crippen LogP contribution in [-0.2, 0) is 21.6 Å². The van der Waals surface area contributed by atoms with E-state index in [0.29, 0.717) is 25.3 Å². The molecule has 3 aromatic rings. The molecule has 5 rings (SSSR count). The molecule has 1 aromatic heterocycles. The summed E-state index contributed by atoms with van der Waals surface area (Å²) < 4.78 is 7.22. The van der Waals surface area contributed by atoms with Crippen molar-refractivity contribution in [1.29, 1.82) is 0 Å².